The first-order valence-electron chi connectivity index (χ1n) is 6.46. The van der Waals surface area contributed by atoms with Gasteiger partial charge in [-0.05, 0) is 52.2 Å². The molecule has 0 saturated heterocycles. The lowest BCUT2D eigenvalue weighted by Crippen LogP contribution is -2.13. The van der Waals surface area contributed by atoms with Crippen molar-refractivity contribution >= 4 is 39.1 Å². The fourth-order valence-corrected chi connectivity index (χ4v) is 2.46. The number of amides is 1. The molecule has 0 aliphatic heterocycles. The fraction of sp³-hybridized carbons (Fsp3) is 0.188. The van der Waals surface area contributed by atoms with E-state index in [9.17, 15) is 4.79 Å². The average Bonchev–Trinajstić information content (AvgIpc) is 2.44. The highest BCUT2D eigenvalue weighted by atomic mass is 79.9. The molecular formula is C16H15BrClNO. The molecule has 20 heavy (non-hydrogen) atoms. The Bertz CT molecular complexity index is 628. The number of rotatable bonds is 4. The van der Waals surface area contributed by atoms with Gasteiger partial charge in [0.1, 0.15) is 0 Å². The van der Waals surface area contributed by atoms with Crippen LogP contribution in [0.1, 0.15) is 29.3 Å². The monoisotopic (exact) mass is 351 g/mol. The number of benzene rings is 2. The summed E-state index contributed by atoms with van der Waals surface area (Å²) in [6.45, 7) is 2.12. The van der Waals surface area contributed by atoms with Crippen molar-refractivity contribution in [2.75, 3.05) is 5.32 Å². The Morgan fingerprint density at radius 3 is 2.70 bits per heavy atom. The van der Waals surface area contributed by atoms with E-state index in [1.165, 1.54) is 0 Å². The Balaban J connectivity index is 2.21. The molecule has 2 nitrogen and oxygen atoms in total. The van der Waals surface area contributed by atoms with Gasteiger partial charge in [0, 0.05) is 15.7 Å². The van der Waals surface area contributed by atoms with Crippen molar-refractivity contribution in [3.63, 3.8) is 0 Å². The quantitative estimate of drug-likeness (QED) is 0.794. The molecule has 0 aliphatic carbocycles. The van der Waals surface area contributed by atoms with Crippen LogP contribution in [-0.4, -0.2) is 5.91 Å². The summed E-state index contributed by atoms with van der Waals surface area (Å²) in [5.41, 5.74) is 2.59. The molecule has 2 aromatic carbocycles. The maximum absolute atomic E-state index is 12.3. The Kier molecular flexibility index (Phi) is 5.21. The summed E-state index contributed by atoms with van der Waals surface area (Å²) < 4.78 is 0.716. The molecule has 2 aromatic rings. The van der Waals surface area contributed by atoms with Gasteiger partial charge in [-0.1, -0.05) is 43.1 Å². The van der Waals surface area contributed by atoms with E-state index < -0.39 is 0 Å². The van der Waals surface area contributed by atoms with E-state index in [1.54, 1.807) is 18.2 Å². The minimum absolute atomic E-state index is 0.133. The number of hydrogen-bond acceptors (Lipinski definition) is 1. The van der Waals surface area contributed by atoms with Gasteiger partial charge in [-0.2, -0.15) is 0 Å². The predicted octanol–water partition coefficient (Wildman–Crippen LogP) is 5.31. The van der Waals surface area contributed by atoms with Gasteiger partial charge in [-0.15, -0.1) is 0 Å². The zero-order valence-electron chi connectivity index (χ0n) is 11.1. The van der Waals surface area contributed by atoms with Gasteiger partial charge in [0.05, 0.1) is 5.02 Å². The maximum Gasteiger partial charge on any atom is 0.255 e. The van der Waals surface area contributed by atoms with Crippen LogP contribution in [0, 0.1) is 0 Å². The van der Waals surface area contributed by atoms with Crippen LogP contribution in [0.3, 0.4) is 0 Å². The van der Waals surface area contributed by atoms with E-state index in [2.05, 4.69) is 28.2 Å². The van der Waals surface area contributed by atoms with Crippen molar-refractivity contribution in [1.82, 2.24) is 0 Å². The molecule has 0 saturated carbocycles. The second kappa shape index (κ2) is 6.91. The van der Waals surface area contributed by atoms with E-state index in [0.29, 0.717) is 15.1 Å². The highest BCUT2D eigenvalue weighted by Gasteiger charge is 2.10. The number of halogens is 2. The zero-order chi connectivity index (χ0) is 14.5. The fourth-order valence-electron chi connectivity index (χ4n) is 1.96. The normalized spacial score (nSPS) is 10.3. The number of nitrogens with one attached hydrogen (secondary N) is 1. The molecule has 0 unspecified atom stereocenters. The van der Waals surface area contributed by atoms with Crippen molar-refractivity contribution in [3.8, 4) is 0 Å². The van der Waals surface area contributed by atoms with Crippen LogP contribution in [-0.2, 0) is 6.42 Å². The number of anilines is 1. The van der Waals surface area contributed by atoms with Crippen LogP contribution in [0.15, 0.2) is 46.9 Å². The van der Waals surface area contributed by atoms with Gasteiger partial charge < -0.3 is 5.32 Å². The number of carbonyl (C=O) groups is 1. The number of aryl methyl sites for hydroxylation is 1. The minimum Gasteiger partial charge on any atom is -0.322 e. The molecule has 0 aromatic heterocycles. The molecule has 0 radical (unpaired) electrons. The molecular weight excluding hydrogens is 338 g/mol. The molecule has 1 amide bonds. The zero-order valence-corrected chi connectivity index (χ0v) is 13.5. The lowest BCUT2D eigenvalue weighted by atomic mass is 10.1. The number of carbonyl (C=O) groups excluding carboxylic acids is 1. The summed E-state index contributed by atoms with van der Waals surface area (Å²) in [6, 6.07) is 13.0. The molecule has 0 aliphatic rings. The molecule has 2 rings (SSSR count). The third-order valence-electron chi connectivity index (χ3n) is 2.97. The highest BCUT2D eigenvalue weighted by molar-refractivity contribution is 9.10. The molecule has 0 spiro atoms. The van der Waals surface area contributed by atoms with Gasteiger partial charge >= 0.3 is 0 Å². The van der Waals surface area contributed by atoms with Gasteiger partial charge in [0.25, 0.3) is 5.91 Å². The standard InChI is InChI=1S/C16H15BrClNO/c1-2-5-11-6-3-4-7-15(11)19-16(20)12-8-9-14(18)13(17)10-12/h3-4,6-10H,2,5H2,1H3,(H,19,20). The van der Waals surface area contributed by atoms with E-state index in [1.807, 2.05) is 24.3 Å². The van der Waals surface area contributed by atoms with Crippen molar-refractivity contribution < 1.29 is 4.79 Å². The highest BCUT2D eigenvalue weighted by Crippen LogP contribution is 2.24. The van der Waals surface area contributed by atoms with Gasteiger partial charge in [0.2, 0.25) is 0 Å². The molecule has 4 heteroatoms. The maximum atomic E-state index is 12.3. The molecule has 0 bridgehead atoms. The summed E-state index contributed by atoms with van der Waals surface area (Å²) in [4.78, 5) is 12.3. The largest absolute Gasteiger partial charge is 0.322 e. The smallest absolute Gasteiger partial charge is 0.255 e. The van der Waals surface area contributed by atoms with Crippen LogP contribution in [0.5, 0.6) is 0 Å². The Labute approximate surface area is 132 Å². The van der Waals surface area contributed by atoms with Gasteiger partial charge in [-0.3, -0.25) is 4.79 Å². The van der Waals surface area contributed by atoms with Gasteiger partial charge in [0.15, 0.2) is 0 Å². The van der Waals surface area contributed by atoms with Crippen LogP contribution >= 0.6 is 27.5 Å². The van der Waals surface area contributed by atoms with E-state index >= 15 is 0 Å². The number of hydrogen-bond donors (Lipinski definition) is 1. The number of para-hydroxylation sites is 1. The average molecular weight is 353 g/mol. The molecule has 0 heterocycles. The molecule has 1 N–H and O–H groups in total. The van der Waals surface area contributed by atoms with Crippen molar-refractivity contribution in [2.45, 2.75) is 19.8 Å². The lowest BCUT2D eigenvalue weighted by Gasteiger charge is -2.10. The Hall–Kier alpha value is -1.32. The van der Waals surface area contributed by atoms with Crippen molar-refractivity contribution in [2.24, 2.45) is 0 Å². The Morgan fingerprint density at radius 2 is 2.00 bits per heavy atom. The van der Waals surface area contributed by atoms with Crippen molar-refractivity contribution in [3.05, 3.63) is 63.1 Å². The van der Waals surface area contributed by atoms with Crippen molar-refractivity contribution in [1.29, 1.82) is 0 Å². The van der Waals surface area contributed by atoms with E-state index in [-0.39, 0.29) is 5.91 Å². The summed E-state index contributed by atoms with van der Waals surface area (Å²) in [5, 5.41) is 3.55. The predicted molar refractivity (Wildman–Crippen MR) is 87.5 cm³/mol. The molecule has 0 atom stereocenters. The third-order valence-corrected chi connectivity index (χ3v) is 4.18. The second-order valence-corrected chi connectivity index (χ2v) is 5.75. The first kappa shape index (κ1) is 15.1. The lowest BCUT2D eigenvalue weighted by molar-refractivity contribution is 0.102. The van der Waals surface area contributed by atoms with E-state index in [4.69, 9.17) is 11.6 Å². The van der Waals surface area contributed by atoms with Gasteiger partial charge in [-0.25, -0.2) is 0 Å². The summed E-state index contributed by atoms with van der Waals surface area (Å²) in [7, 11) is 0. The van der Waals surface area contributed by atoms with Crippen LogP contribution in [0.4, 0.5) is 5.69 Å². The van der Waals surface area contributed by atoms with Crippen LogP contribution in [0.25, 0.3) is 0 Å². The van der Waals surface area contributed by atoms with E-state index in [0.717, 1.165) is 24.1 Å². The third kappa shape index (κ3) is 3.62. The topological polar surface area (TPSA) is 29.1 Å². The Morgan fingerprint density at radius 1 is 1.25 bits per heavy atom. The molecule has 0 fully saturated rings. The summed E-state index contributed by atoms with van der Waals surface area (Å²) in [6.07, 6.45) is 1.99. The minimum atomic E-state index is -0.133. The van der Waals surface area contributed by atoms with Crippen LogP contribution < -0.4 is 5.32 Å². The van der Waals surface area contributed by atoms with Crippen LogP contribution in [0.2, 0.25) is 5.02 Å². The summed E-state index contributed by atoms with van der Waals surface area (Å²) >= 11 is 9.26. The molecule has 104 valence electrons. The first-order valence-corrected chi connectivity index (χ1v) is 7.63. The first-order chi connectivity index (χ1) is 9.61. The summed E-state index contributed by atoms with van der Waals surface area (Å²) in [5.74, 6) is -0.133. The SMILES string of the molecule is CCCc1ccccc1NC(=O)c1ccc(Cl)c(Br)c1. The second-order valence-electron chi connectivity index (χ2n) is 4.49.